The number of fused-ring (bicyclic) bond motifs is 1. The number of nitrogens with one attached hydrogen (secondary N) is 1. The molecule has 0 aliphatic rings. The quantitative estimate of drug-likeness (QED) is 0.573. The van der Waals surface area contributed by atoms with Gasteiger partial charge in [0.05, 0.1) is 6.21 Å². The number of carbonyl (C=O) groups excluding carboxylic acids is 1. The van der Waals surface area contributed by atoms with Crippen LogP contribution < -0.4 is 11.2 Å². The van der Waals surface area contributed by atoms with E-state index in [0.717, 1.165) is 10.8 Å². The van der Waals surface area contributed by atoms with Gasteiger partial charge >= 0.3 is 6.03 Å². The number of benzene rings is 2. The van der Waals surface area contributed by atoms with Gasteiger partial charge in [-0.05, 0) is 16.8 Å². The number of hydrogen-bond donors (Lipinski definition) is 3. The van der Waals surface area contributed by atoms with Crippen molar-refractivity contribution in [3.8, 4) is 5.75 Å². The largest absolute Gasteiger partial charge is 0.507 e. The van der Waals surface area contributed by atoms with E-state index in [9.17, 15) is 9.90 Å². The summed E-state index contributed by atoms with van der Waals surface area (Å²) >= 11 is 0. The van der Waals surface area contributed by atoms with Gasteiger partial charge in [0.2, 0.25) is 0 Å². The molecular formula is C12H12ClN3O2. The number of hydrazone groups is 1. The molecule has 5 nitrogen and oxygen atoms in total. The van der Waals surface area contributed by atoms with Crippen molar-refractivity contribution in [1.29, 1.82) is 0 Å². The molecule has 0 saturated carbocycles. The Morgan fingerprint density at radius 3 is 2.72 bits per heavy atom. The number of amides is 2. The molecule has 0 atom stereocenters. The minimum atomic E-state index is -0.749. The highest BCUT2D eigenvalue weighted by Gasteiger charge is 2.03. The highest BCUT2D eigenvalue weighted by molar-refractivity contribution is 6.02. The van der Waals surface area contributed by atoms with Gasteiger partial charge < -0.3 is 10.8 Å². The van der Waals surface area contributed by atoms with Gasteiger partial charge in [0.25, 0.3) is 0 Å². The zero-order valence-electron chi connectivity index (χ0n) is 9.33. The molecule has 2 rings (SSSR count). The first kappa shape index (κ1) is 13.8. The highest BCUT2D eigenvalue weighted by Crippen LogP contribution is 2.25. The lowest BCUT2D eigenvalue weighted by Gasteiger charge is -2.04. The molecule has 0 aliphatic carbocycles. The minimum absolute atomic E-state index is 0. The van der Waals surface area contributed by atoms with Gasteiger partial charge in [0.15, 0.2) is 0 Å². The lowest BCUT2D eigenvalue weighted by molar-refractivity contribution is 0.249. The molecule has 0 saturated heterocycles. The molecule has 2 aromatic rings. The minimum Gasteiger partial charge on any atom is -0.507 e. The number of halogens is 1. The molecule has 0 spiro atoms. The SMILES string of the molecule is Cl.NC(=O)NN=Cc1c(O)ccc2ccccc12. The summed E-state index contributed by atoms with van der Waals surface area (Å²) in [6.45, 7) is 0. The van der Waals surface area contributed by atoms with Crippen LogP contribution in [0, 0.1) is 0 Å². The summed E-state index contributed by atoms with van der Waals surface area (Å²) in [5, 5.41) is 15.2. The molecule has 4 N–H and O–H groups in total. The predicted molar refractivity (Wildman–Crippen MR) is 73.2 cm³/mol. The fourth-order valence-electron chi connectivity index (χ4n) is 1.58. The number of carbonyl (C=O) groups is 1. The second-order valence-electron chi connectivity index (χ2n) is 3.45. The van der Waals surface area contributed by atoms with Crippen LogP contribution in [0.2, 0.25) is 0 Å². The maximum Gasteiger partial charge on any atom is 0.332 e. The number of rotatable bonds is 2. The van der Waals surface area contributed by atoms with Crippen LogP contribution in [0.15, 0.2) is 41.5 Å². The number of nitrogens with two attached hydrogens (primary N) is 1. The Hall–Kier alpha value is -2.27. The summed E-state index contributed by atoms with van der Waals surface area (Å²) in [6, 6.07) is 10.2. The summed E-state index contributed by atoms with van der Waals surface area (Å²) in [4.78, 5) is 10.5. The Morgan fingerprint density at radius 1 is 1.28 bits per heavy atom. The second kappa shape index (κ2) is 5.88. The van der Waals surface area contributed by atoms with Crippen LogP contribution in [0.3, 0.4) is 0 Å². The lowest BCUT2D eigenvalue weighted by Crippen LogP contribution is -2.24. The molecule has 2 amide bonds. The van der Waals surface area contributed by atoms with Gasteiger partial charge in [0.1, 0.15) is 5.75 Å². The lowest BCUT2D eigenvalue weighted by atomic mass is 10.0. The van der Waals surface area contributed by atoms with Gasteiger partial charge in [-0.1, -0.05) is 30.3 Å². The molecule has 18 heavy (non-hydrogen) atoms. The molecule has 0 heterocycles. The third-order valence-electron chi connectivity index (χ3n) is 2.32. The van der Waals surface area contributed by atoms with Crippen molar-refractivity contribution in [3.05, 3.63) is 42.0 Å². The average Bonchev–Trinajstić information content (AvgIpc) is 2.32. The van der Waals surface area contributed by atoms with E-state index in [2.05, 4.69) is 10.5 Å². The first-order valence-electron chi connectivity index (χ1n) is 4.97. The topological polar surface area (TPSA) is 87.7 Å². The van der Waals surface area contributed by atoms with Crippen molar-refractivity contribution >= 4 is 35.4 Å². The summed E-state index contributed by atoms with van der Waals surface area (Å²) in [7, 11) is 0. The maximum atomic E-state index is 10.5. The highest BCUT2D eigenvalue weighted by atomic mass is 35.5. The van der Waals surface area contributed by atoms with E-state index in [-0.39, 0.29) is 18.2 Å². The van der Waals surface area contributed by atoms with Gasteiger partial charge in [-0.3, -0.25) is 0 Å². The number of urea groups is 1. The number of phenols is 1. The van der Waals surface area contributed by atoms with Crippen molar-refractivity contribution in [2.24, 2.45) is 10.8 Å². The van der Waals surface area contributed by atoms with E-state index in [0.29, 0.717) is 5.56 Å². The maximum absolute atomic E-state index is 10.5. The Labute approximate surface area is 110 Å². The molecule has 6 heteroatoms. The van der Waals surface area contributed by atoms with Gasteiger partial charge in [-0.2, -0.15) is 5.10 Å². The smallest absolute Gasteiger partial charge is 0.332 e. The van der Waals surface area contributed by atoms with Crippen molar-refractivity contribution < 1.29 is 9.90 Å². The molecule has 2 aromatic carbocycles. The number of nitrogens with zero attached hydrogens (tertiary/aromatic N) is 1. The van der Waals surface area contributed by atoms with Crippen molar-refractivity contribution in [2.75, 3.05) is 0 Å². The van der Waals surface area contributed by atoms with Crippen LogP contribution in [-0.2, 0) is 0 Å². The van der Waals surface area contributed by atoms with Crippen LogP contribution >= 0.6 is 12.4 Å². The van der Waals surface area contributed by atoms with Crippen LogP contribution in [0.4, 0.5) is 4.79 Å². The first-order valence-corrected chi connectivity index (χ1v) is 4.97. The van der Waals surface area contributed by atoms with E-state index in [4.69, 9.17) is 5.73 Å². The third-order valence-corrected chi connectivity index (χ3v) is 2.32. The Kier molecular flexibility index (Phi) is 4.51. The Bertz CT molecular complexity index is 599. The van der Waals surface area contributed by atoms with Crippen LogP contribution in [0.25, 0.3) is 10.8 Å². The Morgan fingerprint density at radius 2 is 2.00 bits per heavy atom. The summed E-state index contributed by atoms with van der Waals surface area (Å²) in [5.74, 6) is 0.0960. The standard InChI is InChI=1S/C12H11N3O2.ClH/c13-12(17)15-14-7-10-9-4-2-1-3-8(9)5-6-11(10)16;/h1-7,16H,(H3,13,15,17);1H. The fraction of sp³-hybridized carbons (Fsp3) is 0. The normalized spacial score (nSPS) is 10.2. The van der Waals surface area contributed by atoms with E-state index in [1.54, 1.807) is 6.07 Å². The number of primary amides is 1. The molecular weight excluding hydrogens is 254 g/mol. The van der Waals surface area contributed by atoms with E-state index in [1.165, 1.54) is 6.21 Å². The van der Waals surface area contributed by atoms with Crippen molar-refractivity contribution in [1.82, 2.24) is 5.43 Å². The second-order valence-corrected chi connectivity index (χ2v) is 3.45. The average molecular weight is 266 g/mol. The van der Waals surface area contributed by atoms with E-state index >= 15 is 0 Å². The molecule has 0 fully saturated rings. The van der Waals surface area contributed by atoms with Crippen LogP contribution in [-0.4, -0.2) is 17.4 Å². The molecule has 0 unspecified atom stereocenters. The summed E-state index contributed by atoms with van der Waals surface area (Å²) in [5.41, 5.74) is 7.50. The molecule has 0 aromatic heterocycles. The monoisotopic (exact) mass is 265 g/mol. The molecule has 0 radical (unpaired) electrons. The first-order chi connectivity index (χ1) is 8.18. The summed E-state index contributed by atoms with van der Waals surface area (Å²) in [6.07, 6.45) is 1.36. The van der Waals surface area contributed by atoms with Gasteiger partial charge in [0, 0.05) is 5.56 Å². The Balaban J connectivity index is 0.00000162. The van der Waals surface area contributed by atoms with Crippen molar-refractivity contribution in [2.45, 2.75) is 0 Å². The predicted octanol–water partition coefficient (Wildman–Crippen LogP) is 1.97. The van der Waals surface area contributed by atoms with Gasteiger partial charge in [-0.15, -0.1) is 12.4 Å². The van der Waals surface area contributed by atoms with E-state index in [1.807, 2.05) is 30.3 Å². The fourth-order valence-corrected chi connectivity index (χ4v) is 1.58. The number of aromatic hydroxyl groups is 1. The van der Waals surface area contributed by atoms with Crippen LogP contribution in [0.5, 0.6) is 5.75 Å². The zero-order chi connectivity index (χ0) is 12.3. The molecule has 94 valence electrons. The summed E-state index contributed by atoms with van der Waals surface area (Å²) < 4.78 is 0. The van der Waals surface area contributed by atoms with Crippen molar-refractivity contribution in [3.63, 3.8) is 0 Å². The zero-order valence-corrected chi connectivity index (χ0v) is 10.1. The number of hydrogen-bond acceptors (Lipinski definition) is 3. The molecule has 0 aliphatic heterocycles. The third kappa shape index (κ3) is 2.89. The van der Waals surface area contributed by atoms with Gasteiger partial charge in [-0.25, -0.2) is 10.2 Å². The number of phenolic OH excluding ortho intramolecular Hbond substituents is 1. The molecule has 0 bridgehead atoms. The van der Waals surface area contributed by atoms with E-state index < -0.39 is 6.03 Å². The van der Waals surface area contributed by atoms with Crippen LogP contribution in [0.1, 0.15) is 5.56 Å².